The van der Waals surface area contributed by atoms with Gasteiger partial charge in [0.2, 0.25) is 5.91 Å². The highest BCUT2D eigenvalue weighted by atomic mass is 32.2. The highest BCUT2D eigenvalue weighted by molar-refractivity contribution is 7.99. The highest BCUT2D eigenvalue weighted by Crippen LogP contribution is 2.23. The quantitative estimate of drug-likeness (QED) is 0.473. The molecule has 1 aliphatic heterocycles. The third-order valence-electron chi connectivity index (χ3n) is 5.08. The summed E-state index contributed by atoms with van der Waals surface area (Å²) in [5.41, 5.74) is 1.13. The van der Waals surface area contributed by atoms with E-state index < -0.39 is 5.82 Å². The maximum atomic E-state index is 14.2. The van der Waals surface area contributed by atoms with Crippen LogP contribution in [0.1, 0.15) is 12.5 Å². The van der Waals surface area contributed by atoms with E-state index in [2.05, 4.69) is 4.98 Å². The number of carbonyl (C=O) groups excluding carboxylic acids is 1. The highest BCUT2D eigenvalue weighted by Gasteiger charge is 2.22. The smallest absolute Gasteiger partial charge is 0.266 e. The number of carbonyl (C=O) groups is 1. The lowest BCUT2D eigenvalue weighted by atomic mass is 10.2. The summed E-state index contributed by atoms with van der Waals surface area (Å²) in [6.45, 7) is 5.20. The minimum absolute atomic E-state index is 0.000193. The standard InChI is InChI=1S/C22H22FN3O3S/c1-14-7-8-16(11-18(14)23)26-21(28)17-5-3-4-6-19(17)24-22(26)30-13-20(27)25-9-10-29-15(2)12-25/h3-8,11,15H,9-10,12-13H2,1-2H3. The number of aryl methyl sites for hydroxylation is 1. The molecule has 1 aliphatic rings. The van der Waals surface area contributed by atoms with Gasteiger partial charge in [0.15, 0.2) is 5.16 Å². The molecule has 30 heavy (non-hydrogen) atoms. The van der Waals surface area contributed by atoms with Crippen molar-refractivity contribution in [3.8, 4) is 5.69 Å². The average molecular weight is 428 g/mol. The number of rotatable bonds is 4. The van der Waals surface area contributed by atoms with E-state index in [9.17, 15) is 14.0 Å². The van der Waals surface area contributed by atoms with Crippen LogP contribution in [0.2, 0.25) is 0 Å². The summed E-state index contributed by atoms with van der Waals surface area (Å²) in [6.07, 6.45) is 0.000193. The summed E-state index contributed by atoms with van der Waals surface area (Å²) >= 11 is 1.18. The maximum Gasteiger partial charge on any atom is 0.266 e. The fraction of sp³-hybridized carbons (Fsp3) is 0.318. The molecule has 2 heterocycles. The van der Waals surface area contributed by atoms with Crippen molar-refractivity contribution >= 4 is 28.6 Å². The molecule has 0 aliphatic carbocycles. The SMILES string of the molecule is Cc1ccc(-n2c(SCC(=O)N3CCOC(C)C3)nc3ccccc3c2=O)cc1F. The number of benzene rings is 2. The molecule has 3 aromatic rings. The zero-order valence-electron chi connectivity index (χ0n) is 16.8. The zero-order chi connectivity index (χ0) is 21.3. The molecule has 1 amide bonds. The lowest BCUT2D eigenvalue weighted by Gasteiger charge is -2.31. The fourth-order valence-electron chi connectivity index (χ4n) is 3.42. The number of fused-ring (bicyclic) bond motifs is 1. The molecular weight excluding hydrogens is 405 g/mol. The molecule has 1 unspecified atom stereocenters. The minimum Gasteiger partial charge on any atom is -0.375 e. The van der Waals surface area contributed by atoms with Crippen molar-refractivity contribution in [1.82, 2.24) is 14.5 Å². The van der Waals surface area contributed by atoms with Crippen LogP contribution in [0.5, 0.6) is 0 Å². The number of nitrogens with zero attached hydrogens (tertiary/aromatic N) is 3. The normalized spacial score (nSPS) is 16.8. The molecule has 4 rings (SSSR count). The Hall–Kier alpha value is -2.71. The van der Waals surface area contributed by atoms with E-state index in [-0.39, 0.29) is 23.3 Å². The van der Waals surface area contributed by atoms with Crippen molar-refractivity contribution in [2.24, 2.45) is 0 Å². The Morgan fingerprint density at radius 1 is 1.30 bits per heavy atom. The summed E-state index contributed by atoms with van der Waals surface area (Å²) in [6, 6.07) is 11.7. The van der Waals surface area contributed by atoms with Crippen molar-refractivity contribution < 1.29 is 13.9 Å². The van der Waals surface area contributed by atoms with Gasteiger partial charge in [-0.1, -0.05) is 30.0 Å². The summed E-state index contributed by atoms with van der Waals surface area (Å²) in [7, 11) is 0. The molecule has 1 aromatic heterocycles. The predicted octanol–water partition coefficient (Wildman–Crippen LogP) is 3.17. The molecule has 0 radical (unpaired) electrons. The summed E-state index contributed by atoms with van der Waals surface area (Å²) in [5, 5.41) is 0.799. The van der Waals surface area contributed by atoms with Crippen LogP contribution >= 0.6 is 11.8 Å². The second-order valence-corrected chi connectivity index (χ2v) is 8.24. The lowest BCUT2D eigenvalue weighted by molar-refractivity contribution is -0.135. The number of amides is 1. The zero-order valence-corrected chi connectivity index (χ0v) is 17.6. The summed E-state index contributed by atoms with van der Waals surface area (Å²) in [5.74, 6) is -0.313. The third kappa shape index (κ3) is 4.11. The van der Waals surface area contributed by atoms with Gasteiger partial charge in [0.05, 0.1) is 35.1 Å². The predicted molar refractivity (Wildman–Crippen MR) is 115 cm³/mol. The van der Waals surface area contributed by atoms with Crippen molar-refractivity contribution in [3.63, 3.8) is 0 Å². The Morgan fingerprint density at radius 2 is 2.10 bits per heavy atom. The van der Waals surface area contributed by atoms with Crippen molar-refractivity contribution in [3.05, 3.63) is 64.2 Å². The van der Waals surface area contributed by atoms with Crippen LogP contribution in [0.3, 0.4) is 0 Å². The van der Waals surface area contributed by atoms with Crippen LogP contribution in [0.25, 0.3) is 16.6 Å². The van der Waals surface area contributed by atoms with Crippen molar-refractivity contribution in [2.75, 3.05) is 25.4 Å². The van der Waals surface area contributed by atoms with Gasteiger partial charge in [0, 0.05) is 13.1 Å². The van der Waals surface area contributed by atoms with Gasteiger partial charge in [0.25, 0.3) is 5.56 Å². The van der Waals surface area contributed by atoms with Crippen LogP contribution in [-0.4, -0.2) is 51.9 Å². The maximum absolute atomic E-state index is 14.2. The van der Waals surface area contributed by atoms with Gasteiger partial charge in [0.1, 0.15) is 5.82 Å². The van der Waals surface area contributed by atoms with Gasteiger partial charge in [-0.15, -0.1) is 0 Å². The lowest BCUT2D eigenvalue weighted by Crippen LogP contribution is -2.45. The van der Waals surface area contributed by atoms with Crippen LogP contribution in [0.15, 0.2) is 52.4 Å². The number of para-hydroxylation sites is 1. The van der Waals surface area contributed by atoms with E-state index in [1.54, 1.807) is 48.2 Å². The molecule has 6 nitrogen and oxygen atoms in total. The third-order valence-corrected chi connectivity index (χ3v) is 6.00. The Morgan fingerprint density at radius 3 is 2.87 bits per heavy atom. The molecule has 1 fully saturated rings. The largest absolute Gasteiger partial charge is 0.375 e. The molecule has 0 saturated carbocycles. The Bertz CT molecular complexity index is 1160. The topological polar surface area (TPSA) is 64.4 Å². The van der Waals surface area contributed by atoms with Crippen molar-refractivity contribution in [1.29, 1.82) is 0 Å². The molecule has 1 atom stereocenters. The van der Waals surface area contributed by atoms with E-state index in [4.69, 9.17) is 4.74 Å². The van der Waals surface area contributed by atoms with E-state index in [1.165, 1.54) is 22.4 Å². The summed E-state index contributed by atoms with van der Waals surface area (Å²) < 4.78 is 21.1. The number of morpholine rings is 1. The van der Waals surface area contributed by atoms with Gasteiger partial charge in [-0.05, 0) is 43.7 Å². The molecule has 1 saturated heterocycles. The molecule has 0 spiro atoms. The number of halogens is 1. The number of hydrogen-bond donors (Lipinski definition) is 0. The van der Waals surface area contributed by atoms with Gasteiger partial charge in [-0.2, -0.15) is 0 Å². The molecule has 8 heteroatoms. The number of thioether (sulfide) groups is 1. The Labute approximate surface area is 177 Å². The van der Waals surface area contributed by atoms with Gasteiger partial charge in [-0.25, -0.2) is 9.37 Å². The molecule has 2 aromatic carbocycles. The van der Waals surface area contributed by atoms with Crippen LogP contribution in [-0.2, 0) is 9.53 Å². The second-order valence-electron chi connectivity index (χ2n) is 7.30. The van der Waals surface area contributed by atoms with Gasteiger partial charge >= 0.3 is 0 Å². The first-order valence-electron chi connectivity index (χ1n) is 9.74. The van der Waals surface area contributed by atoms with Crippen LogP contribution < -0.4 is 5.56 Å². The van der Waals surface area contributed by atoms with Gasteiger partial charge < -0.3 is 9.64 Å². The molecule has 0 bridgehead atoms. The van der Waals surface area contributed by atoms with E-state index >= 15 is 0 Å². The minimum atomic E-state index is -0.401. The summed E-state index contributed by atoms with van der Waals surface area (Å²) in [4.78, 5) is 32.3. The Kier molecular flexibility index (Phi) is 5.87. The van der Waals surface area contributed by atoms with E-state index in [0.717, 1.165) is 0 Å². The molecular formula is C22H22FN3O3S. The van der Waals surface area contributed by atoms with Crippen molar-refractivity contribution in [2.45, 2.75) is 25.1 Å². The van der Waals surface area contributed by atoms with Gasteiger partial charge in [-0.3, -0.25) is 14.2 Å². The average Bonchev–Trinajstić information content (AvgIpc) is 2.74. The molecule has 156 valence electrons. The Balaban J connectivity index is 1.71. The first kappa shape index (κ1) is 20.6. The number of aromatic nitrogens is 2. The monoisotopic (exact) mass is 427 g/mol. The van der Waals surface area contributed by atoms with Crippen LogP contribution in [0.4, 0.5) is 4.39 Å². The van der Waals surface area contributed by atoms with E-state index in [1.807, 2.05) is 6.92 Å². The first-order valence-corrected chi connectivity index (χ1v) is 10.7. The number of ether oxygens (including phenoxy) is 1. The van der Waals surface area contributed by atoms with E-state index in [0.29, 0.717) is 47.0 Å². The molecule has 0 N–H and O–H groups in total. The second kappa shape index (κ2) is 8.57. The fourth-order valence-corrected chi connectivity index (χ4v) is 4.34. The van der Waals surface area contributed by atoms with Crippen LogP contribution in [0, 0.1) is 12.7 Å². The number of hydrogen-bond acceptors (Lipinski definition) is 5. The first-order chi connectivity index (χ1) is 14.4.